The first-order valence-electron chi connectivity index (χ1n) is 9.02. The predicted molar refractivity (Wildman–Crippen MR) is 112 cm³/mol. The van der Waals surface area contributed by atoms with Gasteiger partial charge in [-0.2, -0.15) is 5.10 Å². The molecule has 0 aliphatic rings. The molecule has 4 rings (SSSR count). The van der Waals surface area contributed by atoms with Crippen molar-refractivity contribution in [3.63, 3.8) is 0 Å². The summed E-state index contributed by atoms with van der Waals surface area (Å²) in [6, 6.07) is 21.4. The standard InChI is InChI=1S/C22H21N3O2S/c1-16-10-11-17(2)21(14-16)28(26,27)24-22-12-13-25(23-22)15-19-8-5-7-18-6-3-4-9-20(18)19/h3-14H,15H2,1-2H3,(H,23,24). The molecule has 0 amide bonds. The molecule has 0 atom stereocenters. The number of nitrogens with zero attached hydrogens (tertiary/aromatic N) is 2. The summed E-state index contributed by atoms with van der Waals surface area (Å²) in [6.07, 6.45) is 1.78. The molecule has 3 aromatic carbocycles. The molecule has 0 saturated heterocycles. The van der Waals surface area contributed by atoms with E-state index >= 15 is 0 Å². The van der Waals surface area contributed by atoms with Gasteiger partial charge in [-0.15, -0.1) is 0 Å². The molecule has 0 saturated carbocycles. The lowest BCUT2D eigenvalue weighted by atomic mass is 10.0. The Bertz CT molecular complexity index is 1250. The summed E-state index contributed by atoms with van der Waals surface area (Å²) in [7, 11) is -3.69. The number of sulfonamides is 1. The van der Waals surface area contributed by atoms with Crippen LogP contribution in [0.15, 0.2) is 77.8 Å². The molecule has 0 unspecified atom stereocenters. The van der Waals surface area contributed by atoms with Crippen molar-refractivity contribution >= 4 is 26.6 Å². The summed E-state index contributed by atoms with van der Waals surface area (Å²) < 4.78 is 29.8. The number of nitrogens with one attached hydrogen (secondary N) is 1. The highest BCUT2D eigenvalue weighted by molar-refractivity contribution is 7.92. The van der Waals surface area contributed by atoms with Crippen LogP contribution in [0.3, 0.4) is 0 Å². The summed E-state index contributed by atoms with van der Waals surface area (Å²) in [4.78, 5) is 0.274. The monoisotopic (exact) mass is 391 g/mol. The summed E-state index contributed by atoms with van der Waals surface area (Å²) in [6.45, 7) is 4.22. The van der Waals surface area contributed by atoms with Crippen LogP contribution in [0.2, 0.25) is 0 Å². The lowest BCUT2D eigenvalue weighted by Gasteiger charge is -2.09. The van der Waals surface area contributed by atoms with Crippen molar-refractivity contribution in [3.05, 3.63) is 89.6 Å². The molecule has 1 heterocycles. The first-order chi connectivity index (χ1) is 13.4. The van der Waals surface area contributed by atoms with Gasteiger partial charge in [-0.05, 0) is 47.4 Å². The van der Waals surface area contributed by atoms with Crippen LogP contribution in [-0.2, 0) is 16.6 Å². The van der Waals surface area contributed by atoms with E-state index < -0.39 is 10.0 Å². The maximum Gasteiger partial charge on any atom is 0.263 e. The van der Waals surface area contributed by atoms with E-state index in [1.54, 1.807) is 29.9 Å². The quantitative estimate of drug-likeness (QED) is 0.545. The van der Waals surface area contributed by atoms with Gasteiger partial charge in [0.25, 0.3) is 10.0 Å². The van der Waals surface area contributed by atoms with Crippen LogP contribution in [0.25, 0.3) is 10.8 Å². The number of rotatable bonds is 5. The van der Waals surface area contributed by atoms with E-state index in [1.807, 2.05) is 37.3 Å². The van der Waals surface area contributed by atoms with Gasteiger partial charge in [0.1, 0.15) is 0 Å². The van der Waals surface area contributed by atoms with E-state index in [-0.39, 0.29) is 4.90 Å². The molecule has 0 aliphatic heterocycles. The highest BCUT2D eigenvalue weighted by Gasteiger charge is 2.18. The Morgan fingerprint density at radius 3 is 2.61 bits per heavy atom. The van der Waals surface area contributed by atoms with E-state index in [4.69, 9.17) is 0 Å². The molecule has 28 heavy (non-hydrogen) atoms. The van der Waals surface area contributed by atoms with Gasteiger partial charge in [0.05, 0.1) is 11.4 Å². The fourth-order valence-corrected chi connectivity index (χ4v) is 4.63. The van der Waals surface area contributed by atoms with Crippen molar-refractivity contribution in [1.82, 2.24) is 9.78 Å². The zero-order valence-electron chi connectivity index (χ0n) is 15.8. The van der Waals surface area contributed by atoms with Crippen molar-refractivity contribution in [1.29, 1.82) is 0 Å². The number of anilines is 1. The van der Waals surface area contributed by atoms with Crippen LogP contribution in [0.4, 0.5) is 5.82 Å². The Labute approximate surface area is 164 Å². The normalized spacial score (nSPS) is 11.6. The number of hydrogen-bond acceptors (Lipinski definition) is 3. The van der Waals surface area contributed by atoms with Crippen LogP contribution >= 0.6 is 0 Å². The molecule has 6 heteroatoms. The summed E-state index contributed by atoms with van der Waals surface area (Å²) >= 11 is 0. The van der Waals surface area contributed by atoms with Crippen molar-refractivity contribution in [2.45, 2.75) is 25.3 Å². The third kappa shape index (κ3) is 3.64. The molecule has 1 N–H and O–H groups in total. The zero-order chi connectivity index (χ0) is 19.7. The molecular formula is C22H21N3O2S. The smallest absolute Gasteiger partial charge is 0.263 e. The summed E-state index contributed by atoms with van der Waals surface area (Å²) in [5, 5.41) is 6.74. The van der Waals surface area contributed by atoms with Gasteiger partial charge in [0.2, 0.25) is 0 Å². The third-order valence-corrected chi connectivity index (χ3v) is 6.22. The number of aryl methyl sites for hydroxylation is 2. The van der Waals surface area contributed by atoms with Gasteiger partial charge in [0, 0.05) is 12.3 Å². The molecule has 0 aliphatic carbocycles. The van der Waals surface area contributed by atoms with Crippen LogP contribution in [0, 0.1) is 13.8 Å². The second kappa shape index (κ2) is 7.13. The minimum absolute atomic E-state index is 0.274. The second-order valence-corrected chi connectivity index (χ2v) is 8.56. The Hall–Kier alpha value is -3.12. The minimum Gasteiger partial charge on any atom is -0.266 e. The number of aromatic nitrogens is 2. The van der Waals surface area contributed by atoms with Gasteiger partial charge < -0.3 is 0 Å². The lowest BCUT2D eigenvalue weighted by molar-refractivity contribution is 0.600. The van der Waals surface area contributed by atoms with E-state index in [1.165, 1.54) is 5.39 Å². The Balaban J connectivity index is 1.58. The molecule has 0 radical (unpaired) electrons. The topological polar surface area (TPSA) is 64.0 Å². The van der Waals surface area contributed by atoms with Crippen LogP contribution in [0.5, 0.6) is 0 Å². The van der Waals surface area contributed by atoms with Crippen molar-refractivity contribution < 1.29 is 8.42 Å². The van der Waals surface area contributed by atoms with Gasteiger partial charge in [-0.3, -0.25) is 9.40 Å². The zero-order valence-corrected chi connectivity index (χ0v) is 16.6. The first-order valence-corrected chi connectivity index (χ1v) is 10.5. The largest absolute Gasteiger partial charge is 0.266 e. The van der Waals surface area contributed by atoms with Crippen molar-refractivity contribution in [2.75, 3.05) is 4.72 Å². The fourth-order valence-electron chi connectivity index (χ4n) is 3.30. The highest BCUT2D eigenvalue weighted by Crippen LogP contribution is 2.21. The molecule has 1 aromatic heterocycles. The molecule has 5 nitrogen and oxygen atoms in total. The predicted octanol–water partition coefficient (Wildman–Crippen LogP) is 4.50. The third-order valence-electron chi connectivity index (χ3n) is 4.73. The van der Waals surface area contributed by atoms with Crippen molar-refractivity contribution in [3.8, 4) is 0 Å². The van der Waals surface area contributed by atoms with E-state index in [0.717, 1.165) is 16.5 Å². The molecule has 4 aromatic rings. The second-order valence-electron chi connectivity index (χ2n) is 6.91. The van der Waals surface area contributed by atoms with E-state index in [9.17, 15) is 8.42 Å². The summed E-state index contributed by atoms with van der Waals surface area (Å²) in [5.74, 6) is 0.307. The van der Waals surface area contributed by atoms with Crippen LogP contribution in [-0.4, -0.2) is 18.2 Å². The van der Waals surface area contributed by atoms with Gasteiger partial charge >= 0.3 is 0 Å². The van der Waals surface area contributed by atoms with Gasteiger partial charge in [-0.1, -0.05) is 54.6 Å². The maximum absolute atomic E-state index is 12.8. The summed E-state index contributed by atoms with van der Waals surface area (Å²) in [5.41, 5.74) is 2.73. The fraction of sp³-hybridized carbons (Fsp3) is 0.136. The number of hydrogen-bond donors (Lipinski definition) is 1. The van der Waals surface area contributed by atoms with Crippen LogP contribution in [0.1, 0.15) is 16.7 Å². The minimum atomic E-state index is -3.69. The Morgan fingerprint density at radius 2 is 1.75 bits per heavy atom. The number of benzene rings is 3. The van der Waals surface area contributed by atoms with Gasteiger partial charge in [-0.25, -0.2) is 8.42 Å². The highest BCUT2D eigenvalue weighted by atomic mass is 32.2. The first kappa shape index (κ1) is 18.3. The molecule has 0 bridgehead atoms. The average molecular weight is 391 g/mol. The Morgan fingerprint density at radius 1 is 0.964 bits per heavy atom. The van der Waals surface area contributed by atoms with E-state index in [2.05, 4.69) is 34.1 Å². The van der Waals surface area contributed by atoms with E-state index in [0.29, 0.717) is 17.9 Å². The molecular weight excluding hydrogens is 370 g/mol. The average Bonchev–Trinajstić information content (AvgIpc) is 3.10. The Kier molecular flexibility index (Phi) is 4.65. The van der Waals surface area contributed by atoms with Crippen LogP contribution < -0.4 is 4.72 Å². The maximum atomic E-state index is 12.8. The lowest BCUT2D eigenvalue weighted by Crippen LogP contribution is -2.15. The van der Waals surface area contributed by atoms with Gasteiger partial charge in [0.15, 0.2) is 5.82 Å². The van der Waals surface area contributed by atoms with Crippen molar-refractivity contribution in [2.24, 2.45) is 0 Å². The number of fused-ring (bicyclic) bond motifs is 1. The SMILES string of the molecule is Cc1ccc(C)c(S(=O)(=O)Nc2ccn(Cc3cccc4ccccc34)n2)c1. The molecule has 0 fully saturated rings. The molecule has 142 valence electrons. The molecule has 0 spiro atoms.